The van der Waals surface area contributed by atoms with Crippen molar-refractivity contribution in [1.29, 1.82) is 0 Å². The van der Waals surface area contributed by atoms with E-state index in [9.17, 15) is 29.6 Å². The summed E-state index contributed by atoms with van der Waals surface area (Å²) in [7, 11) is 4.35. The molecule has 1 heterocycles. The van der Waals surface area contributed by atoms with Crippen LogP contribution in [0.5, 0.6) is 0 Å². The van der Waals surface area contributed by atoms with Gasteiger partial charge in [0.2, 0.25) is 11.8 Å². The molecular formula is C25H40N4O9S2. The summed E-state index contributed by atoms with van der Waals surface area (Å²) in [6.07, 6.45) is 1.95. The van der Waals surface area contributed by atoms with Gasteiger partial charge in [0.15, 0.2) is 6.29 Å². The van der Waals surface area contributed by atoms with Crippen molar-refractivity contribution in [1.82, 2.24) is 15.6 Å². The summed E-state index contributed by atoms with van der Waals surface area (Å²) in [6, 6.07) is 3.00. The molecule has 0 fully saturated rings. The second-order valence-corrected chi connectivity index (χ2v) is 12.1. The van der Waals surface area contributed by atoms with Gasteiger partial charge < -0.3 is 30.0 Å². The van der Waals surface area contributed by atoms with Gasteiger partial charge in [0.1, 0.15) is 17.8 Å². The fraction of sp³-hybridized carbons (Fsp3) is 0.680. The first kappa shape index (κ1) is 35.6. The maximum atomic E-state index is 12.2. The summed E-state index contributed by atoms with van der Waals surface area (Å²) >= 11 is 0. The molecule has 0 aliphatic carbocycles. The van der Waals surface area contributed by atoms with Crippen molar-refractivity contribution >= 4 is 45.1 Å². The molecule has 0 aliphatic heterocycles. The third-order valence-corrected chi connectivity index (χ3v) is 8.71. The van der Waals surface area contributed by atoms with Crippen molar-refractivity contribution in [3.63, 3.8) is 0 Å². The molecular weight excluding hydrogens is 564 g/mol. The predicted octanol–water partition coefficient (Wildman–Crippen LogP) is 2.99. The largest absolute Gasteiger partial charge is 0.460 e. The lowest BCUT2D eigenvalue weighted by molar-refractivity contribution is -0.385. The van der Waals surface area contributed by atoms with Gasteiger partial charge in [-0.05, 0) is 50.0 Å². The number of esters is 1. The molecule has 15 heteroatoms. The highest BCUT2D eigenvalue weighted by Gasteiger charge is 2.21. The van der Waals surface area contributed by atoms with E-state index in [2.05, 4.69) is 15.6 Å². The number of methoxy groups -OCH3 is 1. The average Bonchev–Trinajstić information content (AvgIpc) is 2.94. The number of nitrogens with zero attached hydrogens (tertiary/aromatic N) is 2. The number of aliphatic hydroxyl groups is 1. The number of aliphatic hydroxyl groups excluding tert-OH is 1. The third kappa shape index (κ3) is 16.0. The lowest BCUT2D eigenvalue weighted by atomic mass is 10.1. The summed E-state index contributed by atoms with van der Waals surface area (Å²) in [5, 5.41) is 26.1. The highest BCUT2D eigenvalue weighted by molar-refractivity contribution is 8.77. The SMILES string of the molecule is CCC(CO)OC(COC(=O)CCC(=O)NCCCNC(=O)CCC(C)(C)SSc1ccc([N+](=O)[O-])cn1)OC. The first-order valence-corrected chi connectivity index (χ1v) is 15.1. The van der Waals surface area contributed by atoms with Gasteiger partial charge >= 0.3 is 5.97 Å². The Kier molecular flexibility index (Phi) is 17.4. The molecule has 2 amide bonds. The van der Waals surface area contributed by atoms with Gasteiger partial charge in [0.05, 0.1) is 24.1 Å². The zero-order valence-corrected chi connectivity index (χ0v) is 25.0. The van der Waals surface area contributed by atoms with E-state index in [1.165, 1.54) is 30.2 Å². The van der Waals surface area contributed by atoms with E-state index < -0.39 is 23.3 Å². The zero-order valence-electron chi connectivity index (χ0n) is 23.4. The fourth-order valence-electron chi connectivity index (χ4n) is 2.96. The predicted molar refractivity (Wildman–Crippen MR) is 152 cm³/mol. The summed E-state index contributed by atoms with van der Waals surface area (Å²) in [6.45, 7) is 6.32. The molecule has 0 bridgehead atoms. The van der Waals surface area contributed by atoms with Gasteiger partial charge in [0, 0.05) is 43.9 Å². The summed E-state index contributed by atoms with van der Waals surface area (Å²) < 4.78 is 15.4. The molecule has 40 heavy (non-hydrogen) atoms. The molecule has 0 saturated carbocycles. The first-order valence-electron chi connectivity index (χ1n) is 12.9. The molecule has 2 atom stereocenters. The summed E-state index contributed by atoms with van der Waals surface area (Å²) in [5.74, 6) is -0.953. The van der Waals surface area contributed by atoms with Crippen LogP contribution in [-0.2, 0) is 28.6 Å². The third-order valence-electron chi connectivity index (χ3n) is 5.44. The number of nitro groups is 1. The second-order valence-electron chi connectivity index (χ2n) is 9.29. The Labute approximate surface area is 242 Å². The Bertz CT molecular complexity index is 931. The molecule has 0 saturated heterocycles. The van der Waals surface area contributed by atoms with Gasteiger partial charge in [-0.25, -0.2) is 4.98 Å². The molecule has 0 aliphatic rings. The van der Waals surface area contributed by atoms with Crippen LogP contribution in [0, 0.1) is 10.1 Å². The van der Waals surface area contributed by atoms with Crippen LogP contribution < -0.4 is 10.6 Å². The number of aromatic nitrogens is 1. The molecule has 1 aromatic rings. The number of rotatable bonds is 21. The first-order chi connectivity index (χ1) is 19.0. The highest BCUT2D eigenvalue weighted by atomic mass is 33.1. The van der Waals surface area contributed by atoms with Crippen LogP contribution in [0.15, 0.2) is 23.4 Å². The van der Waals surface area contributed by atoms with Crippen molar-refractivity contribution in [2.24, 2.45) is 0 Å². The van der Waals surface area contributed by atoms with Crippen molar-refractivity contribution < 1.29 is 38.6 Å². The van der Waals surface area contributed by atoms with Crippen molar-refractivity contribution in [2.45, 2.75) is 81.5 Å². The molecule has 0 spiro atoms. The van der Waals surface area contributed by atoms with Crippen LogP contribution in [0.3, 0.4) is 0 Å². The van der Waals surface area contributed by atoms with Gasteiger partial charge in [-0.15, -0.1) is 0 Å². The Balaban J connectivity index is 2.14. The molecule has 13 nitrogen and oxygen atoms in total. The van der Waals surface area contributed by atoms with Gasteiger partial charge in [-0.2, -0.15) is 0 Å². The lowest BCUT2D eigenvalue weighted by Crippen LogP contribution is -2.31. The molecule has 1 aromatic heterocycles. The van der Waals surface area contributed by atoms with Crippen molar-refractivity contribution in [3.05, 3.63) is 28.4 Å². The standard InChI is InChI=1S/C25H40N4O9S2/c1-5-19(16-30)38-24(36-4)17-37-23(33)10-8-20(31)26-13-6-14-27-21(32)11-12-25(2,3)40-39-22-9-7-18(15-28-22)29(34)35/h7,9,15,19,24,30H,5-6,8,10-14,16-17H2,1-4H3,(H,26,31)(H,27,32). The maximum Gasteiger partial charge on any atom is 0.306 e. The molecule has 2 unspecified atom stereocenters. The van der Waals surface area contributed by atoms with E-state index in [1.54, 1.807) is 16.9 Å². The monoisotopic (exact) mass is 604 g/mol. The quantitative estimate of drug-likeness (QED) is 0.0467. The van der Waals surface area contributed by atoms with E-state index in [0.29, 0.717) is 43.8 Å². The Hall–Kier alpha value is -2.46. The van der Waals surface area contributed by atoms with Crippen LogP contribution in [0.4, 0.5) is 5.69 Å². The van der Waals surface area contributed by atoms with Gasteiger partial charge in [-0.1, -0.05) is 17.7 Å². The van der Waals surface area contributed by atoms with Crippen LogP contribution >= 0.6 is 21.6 Å². The normalized spacial score (nSPS) is 12.8. The second kappa shape index (κ2) is 19.6. The van der Waals surface area contributed by atoms with E-state index in [0.717, 1.165) is 0 Å². The number of ether oxygens (including phenoxy) is 3. The van der Waals surface area contributed by atoms with Crippen LogP contribution in [-0.4, -0.2) is 83.4 Å². The highest BCUT2D eigenvalue weighted by Crippen LogP contribution is 2.42. The minimum atomic E-state index is -0.798. The molecule has 3 N–H and O–H groups in total. The van der Waals surface area contributed by atoms with E-state index >= 15 is 0 Å². The zero-order chi connectivity index (χ0) is 30.0. The molecule has 0 radical (unpaired) electrons. The van der Waals surface area contributed by atoms with E-state index in [1.807, 2.05) is 20.8 Å². The fourth-order valence-corrected chi connectivity index (χ4v) is 5.15. The van der Waals surface area contributed by atoms with Crippen LogP contribution in [0.25, 0.3) is 0 Å². The van der Waals surface area contributed by atoms with E-state index in [-0.39, 0.29) is 48.3 Å². The van der Waals surface area contributed by atoms with Crippen LogP contribution in [0.2, 0.25) is 0 Å². The van der Waals surface area contributed by atoms with Crippen LogP contribution in [0.1, 0.15) is 59.3 Å². The number of amides is 2. The summed E-state index contributed by atoms with van der Waals surface area (Å²) in [4.78, 5) is 50.3. The topological polar surface area (TPSA) is 179 Å². The minimum absolute atomic E-state index is 0.0297. The Morgan fingerprint density at radius 2 is 1.82 bits per heavy atom. The number of hydrogen-bond donors (Lipinski definition) is 3. The molecule has 1 rings (SSSR count). The number of carbonyl (C=O) groups is 3. The minimum Gasteiger partial charge on any atom is -0.460 e. The number of carbonyl (C=O) groups excluding carboxylic acids is 3. The van der Waals surface area contributed by atoms with Crippen molar-refractivity contribution in [2.75, 3.05) is 33.4 Å². The number of pyridine rings is 1. The average molecular weight is 605 g/mol. The van der Waals surface area contributed by atoms with Gasteiger partial charge in [0.25, 0.3) is 5.69 Å². The maximum absolute atomic E-state index is 12.2. The summed E-state index contributed by atoms with van der Waals surface area (Å²) in [5.41, 5.74) is -0.0614. The van der Waals surface area contributed by atoms with Gasteiger partial charge in [-0.3, -0.25) is 24.5 Å². The lowest BCUT2D eigenvalue weighted by Gasteiger charge is -2.22. The number of hydrogen-bond acceptors (Lipinski definition) is 12. The molecule has 0 aromatic carbocycles. The molecule has 226 valence electrons. The van der Waals surface area contributed by atoms with Crippen molar-refractivity contribution in [3.8, 4) is 0 Å². The number of nitrogens with one attached hydrogen (secondary N) is 2. The van der Waals surface area contributed by atoms with E-state index in [4.69, 9.17) is 14.2 Å². The Morgan fingerprint density at radius 1 is 1.15 bits per heavy atom. The Morgan fingerprint density at radius 3 is 2.38 bits per heavy atom. The smallest absolute Gasteiger partial charge is 0.306 e.